The van der Waals surface area contributed by atoms with Crippen LogP contribution in [0.25, 0.3) is 0 Å². The van der Waals surface area contributed by atoms with Crippen molar-refractivity contribution in [3.05, 3.63) is 60.2 Å². The van der Waals surface area contributed by atoms with E-state index in [1.54, 1.807) is 24.3 Å². The molecule has 1 atom stereocenters. The zero-order chi connectivity index (χ0) is 20.6. The lowest BCUT2D eigenvalue weighted by molar-refractivity contribution is 0.0989. The van der Waals surface area contributed by atoms with E-state index in [1.165, 1.54) is 12.8 Å². The molecule has 0 aromatic heterocycles. The molecule has 1 fully saturated rings. The first-order valence-corrected chi connectivity index (χ1v) is 10.7. The molecule has 2 aromatic carbocycles. The Morgan fingerprint density at radius 2 is 1.90 bits per heavy atom. The van der Waals surface area contributed by atoms with Crippen molar-refractivity contribution in [3.63, 3.8) is 0 Å². The molecule has 0 bridgehead atoms. The van der Waals surface area contributed by atoms with Crippen LogP contribution >= 0.6 is 0 Å². The molecule has 5 nitrogen and oxygen atoms in total. The Balaban J connectivity index is 1.70. The van der Waals surface area contributed by atoms with Gasteiger partial charge in [-0.25, -0.2) is 4.79 Å². The summed E-state index contributed by atoms with van der Waals surface area (Å²) in [6, 6.07) is 17.5. The summed E-state index contributed by atoms with van der Waals surface area (Å²) in [5, 5.41) is 12.7. The van der Waals surface area contributed by atoms with Gasteiger partial charge in [0.05, 0.1) is 0 Å². The van der Waals surface area contributed by atoms with Crippen LogP contribution < -0.4 is 5.32 Å². The predicted molar refractivity (Wildman–Crippen MR) is 118 cm³/mol. The van der Waals surface area contributed by atoms with Gasteiger partial charge in [-0.15, -0.1) is 0 Å². The standard InChI is InChI=1S/C24H33N3O2/c1-3-8-19(2)26-15-13-22(14-16-26)27(18-20-9-5-4-6-10-20)24(29)25-21-11-7-12-23(28)17-21/h4-7,9-12,17,19,22,28H,3,8,13-16,18H2,1-2H3,(H,25,29). The topological polar surface area (TPSA) is 55.8 Å². The van der Waals surface area contributed by atoms with E-state index >= 15 is 0 Å². The number of nitrogens with one attached hydrogen (secondary N) is 1. The Hall–Kier alpha value is -2.53. The number of urea groups is 1. The summed E-state index contributed by atoms with van der Waals surface area (Å²) in [5.41, 5.74) is 1.74. The van der Waals surface area contributed by atoms with Crippen LogP contribution in [0.2, 0.25) is 0 Å². The van der Waals surface area contributed by atoms with Gasteiger partial charge in [0.25, 0.3) is 0 Å². The number of hydrogen-bond donors (Lipinski definition) is 2. The number of benzene rings is 2. The van der Waals surface area contributed by atoms with E-state index < -0.39 is 0 Å². The molecule has 2 N–H and O–H groups in total. The average molecular weight is 396 g/mol. The first kappa shape index (κ1) is 21.2. The minimum absolute atomic E-state index is 0.112. The van der Waals surface area contributed by atoms with Crippen LogP contribution in [0.5, 0.6) is 5.75 Å². The van der Waals surface area contributed by atoms with Crippen molar-refractivity contribution in [2.24, 2.45) is 0 Å². The fourth-order valence-electron chi connectivity index (χ4n) is 4.16. The summed E-state index contributed by atoms with van der Waals surface area (Å²) >= 11 is 0. The number of piperidine rings is 1. The molecule has 1 unspecified atom stereocenters. The minimum atomic E-state index is -0.112. The van der Waals surface area contributed by atoms with Crippen LogP contribution in [0.3, 0.4) is 0 Å². The third-order valence-electron chi connectivity index (χ3n) is 5.82. The van der Waals surface area contributed by atoms with Gasteiger partial charge in [0.15, 0.2) is 0 Å². The van der Waals surface area contributed by atoms with Crippen LogP contribution in [0.1, 0.15) is 45.1 Å². The van der Waals surface area contributed by atoms with Crippen molar-refractivity contribution in [2.75, 3.05) is 18.4 Å². The number of carbonyl (C=O) groups is 1. The third kappa shape index (κ3) is 5.97. The molecular formula is C24H33N3O2. The summed E-state index contributed by atoms with van der Waals surface area (Å²) < 4.78 is 0. The van der Waals surface area contributed by atoms with Crippen LogP contribution in [0.15, 0.2) is 54.6 Å². The zero-order valence-electron chi connectivity index (χ0n) is 17.6. The Bertz CT molecular complexity index is 773. The summed E-state index contributed by atoms with van der Waals surface area (Å²) in [5.74, 6) is 0.149. The highest BCUT2D eigenvalue weighted by Crippen LogP contribution is 2.23. The number of amides is 2. The van der Waals surface area contributed by atoms with Crippen molar-refractivity contribution < 1.29 is 9.90 Å². The van der Waals surface area contributed by atoms with E-state index in [0.717, 1.165) is 31.5 Å². The molecule has 2 aromatic rings. The number of phenols is 1. The second kappa shape index (κ2) is 10.3. The van der Waals surface area contributed by atoms with E-state index in [9.17, 15) is 9.90 Å². The number of rotatable bonds is 7. The van der Waals surface area contributed by atoms with Crippen molar-refractivity contribution in [2.45, 2.75) is 58.2 Å². The maximum Gasteiger partial charge on any atom is 0.322 e. The normalized spacial score (nSPS) is 16.3. The van der Waals surface area contributed by atoms with Crippen LogP contribution in [-0.4, -0.2) is 46.1 Å². The van der Waals surface area contributed by atoms with Crippen molar-refractivity contribution in [3.8, 4) is 5.75 Å². The summed E-state index contributed by atoms with van der Waals surface area (Å²) in [7, 11) is 0. The Kier molecular flexibility index (Phi) is 7.53. The molecule has 2 amide bonds. The Morgan fingerprint density at radius 3 is 2.55 bits per heavy atom. The number of phenolic OH excluding ortho intramolecular Hbond substituents is 1. The van der Waals surface area contributed by atoms with E-state index in [0.29, 0.717) is 18.3 Å². The summed E-state index contributed by atoms with van der Waals surface area (Å²) in [6.45, 7) is 7.17. The minimum Gasteiger partial charge on any atom is -0.508 e. The highest BCUT2D eigenvalue weighted by Gasteiger charge is 2.29. The molecule has 0 radical (unpaired) electrons. The molecule has 5 heteroatoms. The van der Waals surface area contributed by atoms with Crippen LogP contribution in [-0.2, 0) is 6.54 Å². The van der Waals surface area contributed by atoms with Crippen molar-refractivity contribution >= 4 is 11.7 Å². The molecule has 0 spiro atoms. The SMILES string of the molecule is CCCC(C)N1CCC(N(Cc2ccccc2)C(=O)Nc2cccc(O)c2)CC1. The van der Waals surface area contributed by atoms with Gasteiger partial charge in [-0.2, -0.15) is 0 Å². The molecular weight excluding hydrogens is 362 g/mol. The van der Waals surface area contributed by atoms with Gasteiger partial charge < -0.3 is 20.2 Å². The quantitative estimate of drug-likeness (QED) is 0.687. The molecule has 1 aliphatic heterocycles. The maximum atomic E-state index is 13.2. The molecule has 0 saturated carbocycles. The van der Waals surface area contributed by atoms with Crippen LogP contribution in [0.4, 0.5) is 10.5 Å². The molecule has 0 aliphatic carbocycles. The first-order valence-electron chi connectivity index (χ1n) is 10.7. The first-order chi connectivity index (χ1) is 14.1. The lowest BCUT2D eigenvalue weighted by atomic mass is 10.00. The fraction of sp³-hybridized carbons (Fsp3) is 0.458. The largest absolute Gasteiger partial charge is 0.508 e. The van der Waals surface area contributed by atoms with Crippen molar-refractivity contribution in [1.82, 2.24) is 9.80 Å². The average Bonchev–Trinajstić information content (AvgIpc) is 2.73. The summed E-state index contributed by atoms with van der Waals surface area (Å²) in [4.78, 5) is 17.7. The number of nitrogens with zero attached hydrogens (tertiary/aromatic N) is 2. The fourth-order valence-corrected chi connectivity index (χ4v) is 4.16. The molecule has 1 heterocycles. The number of likely N-dealkylation sites (tertiary alicyclic amines) is 1. The van der Waals surface area contributed by atoms with E-state index in [-0.39, 0.29) is 17.8 Å². The van der Waals surface area contributed by atoms with Crippen molar-refractivity contribution in [1.29, 1.82) is 0 Å². The lowest BCUT2D eigenvalue weighted by Gasteiger charge is -2.40. The smallest absolute Gasteiger partial charge is 0.322 e. The molecule has 1 aliphatic rings. The molecule has 1 saturated heterocycles. The molecule has 29 heavy (non-hydrogen) atoms. The van der Waals surface area contributed by atoms with Gasteiger partial charge in [0, 0.05) is 43.5 Å². The second-order valence-corrected chi connectivity index (χ2v) is 8.00. The van der Waals surface area contributed by atoms with Gasteiger partial charge in [-0.05, 0) is 43.9 Å². The highest BCUT2D eigenvalue weighted by atomic mass is 16.3. The second-order valence-electron chi connectivity index (χ2n) is 8.00. The van der Waals surface area contributed by atoms with Gasteiger partial charge in [0.2, 0.25) is 0 Å². The highest BCUT2D eigenvalue weighted by molar-refractivity contribution is 5.89. The molecule has 156 valence electrons. The summed E-state index contributed by atoms with van der Waals surface area (Å²) in [6.07, 6.45) is 4.38. The zero-order valence-corrected chi connectivity index (χ0v) is 17.6. The van der Waals surface area contributed by atoms with E-state index in [1.807, 2.05) is 23.1 Å². The van der Waals surface area contributed by atoms with Gasteiger partial charge in [-0.1, -0.05) is 49.7 Å². The lowest BCUT2D eigenvalue weighted by Crippen LogP contribution is -2.50. The monoisotopic (exact) mass is 395 g/mol. The van der Waals surface area contributed by atoms with Crippen LogP contribution in [0, 0.1) is 0 Å². The van der Waals surface area contributed by atoms with E-state index in [2.05, 4.69) is 36.2 Å². The third-order valence-corrected chi connectivity index (χ3v) is 5.82. The Labute approximate surface area is 174 Å². The Morgan fingerprint density at radius 1 is 1.17 bits per heavy atom. The maximum absolute atomic E-state index is 13.2. The molecule has 3 rings (SSSR count). The number of carbonyl (C=O) groups excluding carboxylic acids is 1. The number of aromatic hydroxyl groups is 1. The van der Waals surface area contributed by atoms with Gasteiger partial charge in [-0.3, -0.25) is 0 Å². The van der Waals surface area contributed by atoms with E-state index in [4.69, 9.17) is 0 Å². The predicted octanol–water partition coefficient (Wildman–Crippen LogP) is 5.08. The number of anilines is 1. The van der Waals surface area contributed by atoms with Gasteiger partial charge >= 0.3 is 6.03 Å². The number of hydrogen-bond acceptors (Lipinski definition) is 3. The van der Waals surface area contributed by atoms with Gasteiger partial charge in [0.1, 0.15) is 5.75 Å².